The molecule has 0 spiro atoms. The molecule has 29 heavy (non-hydrogen) atoms. The van der Waals surface area contributed by atoms with E-state index < -0.39 is 35.4 Å². The van der Waals surface area contributed by atoms with Gasteiger partial charge in [-0.25, -0.2) is 8.78 Å². The number of halogens is 4. The summed E-state index contributed by atoms with van der Waals surface area (Å²) in [7, 11) is 1.65. The minimum atomic E-state index is -3.79. The van der Waals surface area contributed by atoms with Gasteiger partial charge in [0.25, 0.3) is 0 Å². The topological polar surface area (TPSA) is 36.9 Å². The molecule has 0 amide bonds. The van der Waals surface area contributed by atoms with E-state index in [1.807, 2.05) is 0 Å². The molecule has 1 fully saturated rings. The molecule has 0 aliphatic carbocycles. The predicted molar refractivity (Wildman–Crippen MR) is 99.2 cm³/mol. The summed E-state index contributed by atoms with van der Waals surface area (Å²) in [5, 5.41) is 0. The van der Waals surface area contributed by atoms with Crippen molar-refractivity contribution in [2.24, 2.45) is 5.92 Å². The highest BCUT2D eigenvalue weighted by Gasteiger charge is 2.35. The molecule has 8 heteroatoms. The van der Waals surface area contributed by atoms with Crippen LogP contribution in [0.15, 0.2) is 60.9 Å². The van der Waals surface area contributed by atoms with Crippen LogP contribution in [0.25, 0.3) is 0 Å². The number of rotatable bonds is 10. The maximum atomic E-state index is 14.2. The smallest absolute Gasteiger partial charge is 0.426 e. The number of hydrogen-bond donors (Lipinski definition) is 0. The van der Waals surface area contributed by atoms with Gasteiger partial charge in [-0.3, -0.25) is 0 Å². The summed E-state index contributed by atoms with van der Waals surface area (Å²) in [5.41, 5.74) is 0.0990. The maximum Gasteiger partial charge on any atom is 0.426 e. The summed E-state index contributed by atoms with van der Waals surface area (Å²) >= 11 is 0. The second-order valence-corrected chi connectivity index (χ2v) is 6.60. The van der Waals surface area contributed by atoms with Crippen LogP contribution in [0.1, 0.15) is 30.3 Å². The van der Waals surface area contributed by atoms with Crippen LogP contribution in [0.2, 0.25) is 0 Å². The second-order valence-electron chi connectivity index (χ2n) is 6.60. The summed E-state index contributed by atoms with van der Waals surface area (Å²) in [5.74, 6) is -3.32. The SMILES string of the molecule is C=C(/C=C(/F)C(=C)F)OC(F)(F)c1ccc(C2OCC(CCCOC)CO2)cc1. The van der Waals surface area contributed by atoms with E-state index >= 15 is 0 Å². The Labute approximate surface area is 167 Å². The number of methoxy groups -OCH3 is 1. The maximum absolute atomic E-state index is 14.2. The largest absolute Gasteiger partial charge is 0.429 e. The van der Waals surface area contributed by atoms with Gasteiger partial charge in [0.2, 0.25) is 0 Å². The zero-order valence-electron chi connectivity index (χ0n) is 16.1. The molecular weight excluding hydrogens is 392 g/mol. The molecule has 160 valence electrons. The van der Waals surface area contributed by atoms with Crippen LogP contribution in [0.4, 0.5) is 17.6 Å². The highest BCUT2D eigenvalue weighted by molar-refractivity contribution is 5.27. The zero-order chi connectivity index (χ0) is 21.4. The van der Waals surface area contributed by atoms with Gasteiger partial charge in [0.1, 0.15) is 5.76 Å². The van der Waals surface area contributed by atoms with E-state index in [-0.39, 0.29) is 5.92 Å². The van der Waals surface area contributed by atoms with E-state index in [9.17, 15) is 17.6 Å². The third-order valence-corrected chi connectivity index (χ3v) is 4.25. The first kappa shape index (κ1) is 23.1. The molecule has 1 heterocycles. The third-order valence-electron chi connectivity index (χ3n) is 4.25. The number of ether oxygens (including phenoxy) is 4. The van der Waals surface area contributed by atoms with Gasteiger partial charge in [-0.05, 0) is 25.0 Å². The highest BCUT2D eigenvalue weighted by Crippen LogP contribution is 2.34. The lowest BCUT2D eigenvalue weighted by molar-refractivity contribution is -0.221. The van der Waals surface area contributed by atoms with Crippen molar-refractivity contribution < 1.29 is 36.5 Å². The molecule has 2 rings (SSSR count). The summed E-state index contributed by atoms with van der Waals surface area (Å²) in [4.78, 5) is 0. The van der Waals surface area contributed by atoms with Gasteiger partial charge in [-0.15, -0.1) is 0 Å². The van der Waals surface area contributed by atoms with Crippen LogP contribution in [0, 0.1) is 5.92 Å². The lowest BCUT2D eigenvalue weighted by Gasteiger charge is -2.30. The number of hydrogen-bond acceptors (Lipinski definition) is 4. The Morgan fingerprint density at radius 3 is 2.34 bits per heavy atom. The fourth-order valence-electron chi connectivity index (χ4n) is 2.73. The monoisotopic (exact) mass is 416 g/mol. The van der Waals surface area contributed by atoms with Crippen LogP contribution < -0.4 is 0 Å². The standard InChI is InChI=1S/C21H24F4O4/c1-14(11-19(23)15(2)22)29-21(24,25)18-8-6-17(7-9-18)20-27-12-16(13-28-20)5-4-10-26-3/h6-9,11,16,20H,1-2,4-5,10,12-13H2,3H3/b19-11+. The first-order valence-electron chi connectivity index (χ1n) is 9.03. The van der Waals surface area contributed by atoms with Crippen molar-refractivity contribution in [1.82, 2.24) is 0 Å². The predicted octanol–water partition coefficient (Wildman–Crippen LogP) is 5.69. The van der Waals surface area contributed by atoms with Crippen LogP contribution in [0.5, 0.6) is 0 Å². The van der Waals surface area contributed by atoms with Crippen LogP contribution in [-0.4, -0.2) is 26.9 Å². The van der Waals surface area contributed by atoms with Gasteiger partial charge in [0.15, 0.2) is 17.9 Å². The van der Waals surface area contributed by atoms with Crippen molar-refractivity contribution >= 4 is 0 Å². The molecule has 0 saturated carbocycles. The molecule has 0 bridgehead atoms. The number of benzene rings is 1. The minimum absolute atomic E-state index is 0.262. The molecule has 0 radical (unpaired) electrons. The van der Waals surface area contributed by atoms with E-state index in [0.29, 0.717) is 31.5 Å². The Morgan fingerprint density at radius 2 is 1.79 bits per heavy atom. The van der Waals surface area contributed by atoms with Gasteiger partial charge in [0.05, 0.1) is 18.8 Å². The Kier molecular flexibility index (Phi) is 8.43. The summed E-state index contributed by atoms with van der Waals surface area (Å²) in [6, 6.07) is 5.17. The molecular formula is C21H24F4O4. The lowest BCUT2D eigenvalue weighted by Crippen LogP contribution is -2.27. The van der Waals surface area contributed by atoms with Crippen molar-refractivity contribution in [3.63, 3.8) is 0 Å². The van der Waals surface area contributed by atoms with Crippen LogP contribution in [0.3, 0.4) is 0 Å². The molecule has 1 saturated heterocycles. The Balaban J connectivity index is 1.93. The van der Waals surface area contributed by atoms with E-state index in [1.165, 1.54) is 12.1 Å². The molecule has 0 aromatic heterocycles. The quantitative estimate of drug-likeness (QED) is 0.213. The van der Waals surface area contributed by atoms with Gasteiger partial charge in [0, 0.05) is 31.3 Å². The van der Waals surface area contributed by atoms with Gasteiger partial charge in [-0.2, -0.15) is 8.78 Å². The van der Waals surface area contributed by atoms with E-state index in [2.05, 4.69) is 17.9 Å². The molecule has 0 atom stereocenters. The summed E-state index contributed by atoms with van der Waals surface area (Å²) in [6.07, 6.45) is -2.20. The molecule has 1 aromatic carbocycles. The number of allylic oxidation sites excluding steroid dienone is 3. The molecule has 1 aliphatic rings. The molecule has 0 N–H and O–H groups in total. The minimum Gasteiger partial charge on any atom is -0.429 e. The van der Waals surface area contributed by atoms with Crippen LogP contribution in [-0.2, 0) is 25.1 Å². The zero-order valence-corrected chi connectivity index (χ0v) is 16.1. The summed E-state index contributed by atoms with van der Waals surface area (Å²) < 4.78 is 74.8. The first-order valence-corrected chi connectivity index (χ1v) is 9.03. The van der Waals surface area contributed by atoms with Crippen LogP contribution >= 0.6 is 0 Å². The van der Waals surface area contributed by atoms with Crippen molar-refractivity contribution in [1.29, 1.82) is 0 Å². The van der Waals surface area contributed by atoms with Crippen molar-refractivity contribution in [3.05, 3.63) is 72.0 Å². The average Bonchev–Trinajstić information content (AvgIpc) is 2.68. The molecule has 0 unspecified atom stereocenters. The van der Waals surface area contributed by atoms with E-state index in [0.717, 1.165) is 25.0 Å². The molecule has 4 nitrogen and oxygen atoms in total. The average molecular weight is 416 g/mol. The molecule has 1 aliphatic heterocycles. The number of alkyl halides is 2. The van der Waals surface area contributed by atoms with Crippen molar-refractivity contribution in [2.75, 3.05) is 26.9 Å². The lowest BCUT2D eigenvalue weighted by atomic mass is 10.0. The van der Waals surface area contributed by atoms with Gasteiger partial charge in [-0.1, -0.05) is 25.3 Å². The Hall–Kier alpha value is -2.16. The Bertz CT molecular complexity index is 723. The van der Waals surface area contributed by atoms with Crippen molar-refractivity contribution in [3.8, 4) is 0 Å². The highest BCUT2D eigenvalue weighted by atomic mass is 19.3. The van der Waals surface area contributed by atoms with E-state index in [1.54, 1.807) is 7.11 Å². The Morgan fingerprint density at radius 1 is 1.17 bits per heavy atom. The fourth-order valence-corrected chi connectivity index (χ4v) is 2.73. The van der Waals surface area contributed by atoms with Gasteiger partial charge >= 0.3 is 6.11 Å². The fraction of sp³-hybridized carbons (Fsp3) is 0.429. The second kappa shape index (κ2) is 10.6. The summed E-state index contributed by atoms with van der Waals surface area (Å²) in [6.45, 7) is 7.54. The normalized spacial score (nSPS) is 20.4. The van der Waals surface area contributed by atoms with Crippen molar-refractivity contribution in [2.45, 2.75) is 25.2 Å². The molecule has 1 aromatic rings. The first-order chi connectivity index (χ1) is 13.7. The third kappa shape index (κ3) is 6.99. The van der Waals surface area contributed by atoms with E-state index in [4.69, 9.17) is 14.2 Å². The van der Waals surface area contributed by atoms with Gasteiger partial charge < -0.3 is 18.9 Å².